The first kappa shape index (κ1) is 10.6. The lowest BCUT2D eigenvalue weighted by atomic mass is 10.1. The van der Waals surface area contributed by atoms with Crippen LogP contribution in [0.25, 0.3) is 0 Å². The van der Waals surface area contributed by atoms with Crippen LogP contribution in [0.1, 0.15) is 37.6 Å². The fourth-order valence-electron chi connectivity index (χ4n) is 1.81. The average molecular weight is 206 g/mol. The first-order chi connectivity index (χ1) is 7.29. The molecule has 0 amide bonds. The number of aryl methyl sites for hydroxylation is 1. The fraction of sp³-hybridized carbons (Fsp3) is 0.667. The molecule has 1 aromatic heterocycles. The summed E-state index contributed by atoms with van der Waals surface area (Å²) in [5.74, 6) is 0.523. The molecule has 0 saturated heterocycles. The van der Waals surface area contributed by atoms with Crippen molar-refractivity contribution in [1.29, 1.82) is 0 Å². The maximum atomic E-state index is 9.80. The summed E-state index contributed by atoms with van der Waals surface area (Å²) in [6.07, 6.45) is 6.54. The molecule has 0 aliphatic heterocycles. The Balaban J connectivity index is 1.97. The van der Waals surface area contributed by atoms with Gasteiger partial charge in [-0.3, -0.25) is 0 Å². The Labute approximate surface area is 90.6 Å². The summed E-state index contributed by atoms with van der Waals surface area (Å²) in [6, 6.07) is 2.02. The van der Waals surface area contributed by atoms with Crippen LogP contribution in [0.15, 0.2) is 12.4 Å². The van der Waals surface area contributed by atoms with Crippen molar-refractivity contribution in [2.75, 3.05) is 0 Å². The summed E-state index contributed by atoms with van der Waals surface area (Å²) < 4.78 is 0. The first-order valence-corrected chi connectivity index (χ1v) is 5.77. The summed E-state index contributed by atoms with van der Waals surface area (Å²) in [5, 5.41) is 9.80. The molecule has 1 aliphatic rings. The third-order valence-electron chi connectivity index (χ3n) is 2.87. The van der Waals surface area contributed by atoms with Crippen molar-refractivity contribution < 1.29 is 5.11 Å². The molecule has 0 bridgehead atoms. The highest BCUT2D eigenvalue weighted by molar-refractivity contribution is 5.10. The van der Waals surface area contributed by atoms with Gasteiger partial charge in [0.25, 0.3) is 0 Å². The molecule has 1 aromatic rings. The van der Waals surface area contributed by atoms with Crippen molar-refractivity contribution in [3.63, 3.8) is 0 Å². The second-order valence-corrected chi connectivity index (χ2v) is 4.36. The van der Waals surface area contributed by atoms with E-state index in [-0.39, 0.29) is 6.10 Å². The van der Waals surface area contributed by atoms with E-state index >= 15 is 0 Å². The maximum absolute atomic E-state index is 9.80. The van der Waals surface area contributed by atoms with Crippen molar-refractivity contribution in [2.45, 2.75) is 45.1 Å². The van der Waals surface area contributed by atoms with Gasteiger partial charge in [-0.2, -0.15) is 0 Å². The van der Waals surface area contributed by atoms with E-state index in [4.69, 9.17) is 0 Å². The van der Waals surface area contributed by atoms with Crippen molar-refractivity contribution in [1.82, 2.24) is 9.97 Å². The molecule has 2 rings (SSSR count). The summed E-state index contributed by atoms with van der Waals surface area (Å²) in [5.41, 5.74) is 2.07. The van der Waals surface area contributed by atoms with Gasteiger partial charge in [-0.15, -0.1) is 0 Å². The van der Waals surface area contributed by atoms with Gasteiger partial charge in [-0.05, 0) is 31.2 Å². The van der Waals surface area contributed by atoms with Gasteiger partial charge < -0.3 is 5.11 Å². The maximum Gasteiger partial charge on any atom is 0.115 e. The molecule has 1 aliphatic carbocycles. The highest BCUT2D eigenvalue weighted by atomic mass is 16.3. The molecule has 0 aromatic carbocycles. The van der Waals surface area contributed by atoms with Crippen molar-refractivity contribution >= 4 is 0 Å². The predicted molar refractivity (Wildman–Crippen MR) is 58.5 cm³/mol. The number of aromatic nitrogens is 2. The molecule has 0 radical (unpaired) electrons. The minimum Gasteiger partial charge on any atom is -0.392 e. The van der Waals surface area contributed by atoms with Crippen LogP contribution in [0.2, 0.25) is 0 Å². The number of nitrogens with zero attached hydrogens (tertiary/aromatic N) is 2. The van der Waals surface area contributed by atoms with Gasteiger partial charge in [-0.1, -0.05) is 13.3 Å². The van der Waals surface area contributed by atoms with Crippen molar-refractivity contribution in [3.8, 4) is 0 Å². The van der Waals surface area contributed by atoms with E-state index in [1.807, 2.05) is 6.07 Å². The molecular formula is C12H18N2O. The van der Waals surface area contributed by atoms with Gasteiger partial charge in [0, 0.05) is 17.8 Å². The zero-order valence-corrected chi connectivity index (χ0v) is 9.19. The lowest BCUT2D eigenvalue weighted by Crippen LogP contribution is -2.14. The van der Waals surface area contributed by atoms with Crippen LogP contribution in [-0.4, -0.2) is 21.2 Å². The molecule has 1 heterocycles. The van der Waals surface area contributed by atoms with E-state index in [1.165, 1.54) is 12.8 Å². The van der Waals surface area contributed by atoms with E-state index in [0.717, 1.165) is 24.2 Å². The van der Waals surface area contributed by atoms with Crippen LogP contribution in [0.4, 0.5) is 0 Å². The average Bonchev–Trinajstić information content (AvgIpc) is 3.01. The zero-order chi connectivity index (χ0) is 10.7. The largest absolute Gasteiger partial charge is 0.392 e. The highest BCUT2D eigenvalue weighted by Gasteiger charge is 2.29. The van der Waals surface area contributed by atoms with Crippen molar-refractivity contribution in [3.05, 3.63) is 23.8 Å². The summed E-state index contributed by atoms with van der Waals surface area (Å²) >= 11 is 0. The third kappa shape index (κ3) is 2.99. The van der Waals surface area contributed by atoms with E-state index < -0.39 is 0 Å². The second-order valence-electron chi connectivity index (χ2n) is 4.36. The smallest absolute Gasteiger partial charge is 0.115 e. The Hall–Kier alpha value is -0.960. The molecule has 1 fully saturated rings. The Kier molecular flexibility index (Phi) is 3.31. The third-order valence-corrected chi connectivity index (χ3v) is 2.87. The predicted octanol–water partition coefficient (Wildman–Crippen LogP) is 1.74. The quantitative estimate of drug-likeness (QED) is 0.798. The second kappa shape index (κ2) is 4.71. The lowest BCUT2D eigenvalue weighted by molar-refractivity contribution is 0.150. The number of aliphatic hydroxyl groups is 1. The van der Waals surface area contributed by atoms with Gasteiger partial charge in [0.1, 0.15) is 6.33 Å². The SMILES string of the molecule is CCCc1cc(CC(O)C2CC2)ncn1. The van der Waals surface area contributed by atoms with Gasteiger partial charge in [0.2, 0.25) is 0 Å². The molecule has 0 spiro atoms. The van der Waals surface area contributed by atoms with Crippen LogP contribution >= 0.6 is 0 Å². The molecule has 3 nitrogen and oxygen atoms in total. The van der Waals surface area contributed by atoms with Crippen LogP contribution < -0.4 is 0 Å². The minimum atomic E-state index is -0.200. The Morgan fingerprint density at radius 3 is 2.80 bits per heavy atom. The Morgan fingerprint density at radius 1 is 1.40 bits per heavy atom. The standard InChI is InChI=1S/C12H18N2O/c1-2-3-10-6-11(14-8-13-10)7-12(15)9-4-5-9/h6,8-9,12,15H,2-5,7H2,1H3. The topological polar surface area (TPSA) is 46.0 Å². The first-order valence-electron chi connectivity index (χ1n) is 5.77. The van der Waals surface area contributed by atoms with Crippen LogP contribution in [-0.2, 0) is 12.8 Å². The monoisotopic (exact) mass is 206 g/mol. The fourth-order valence-corrected chi connectivity index (χ4v) is 1.81. The van der Waals surface area contributed by atoms with Crippen LogP contribution in [0.5, 0.6) is 0 Å². The highest BCUT2D eigenvalue weighted by Crippen LogP contribution is 2.33. The Morgan fingerprint density at radius 2 is 2.13 bits per heavy atom. The van der Waals surface area contributed by atoms with Gasteiger partial charge >= 0.3 is 0 Å². The van der Waals surface area contributed by atoms with E-state index in [1.54, 1.807) is 6.33 Å². The number of hydrogen-bond acceptors (Lipinski definition) is 3. The van der Waals surface area contributed by atoms with Crippen LogP contribution in [0.3, 0.4) is 0 Å². The number of aliphatic hydroxyl groups excluding tert-OH is 1. The van der Waals surface area contributed by atoms with E-state index in [2.05, 4.69) is 16.9 Å². The van der Waals surface area contributed by atoms with E-state index in [9.17, 15) is 5.11 Å². The molecule has 1 N–H and O–H groups in total. The molecule has 15 heavy (non-hydrogen) atoms. The Bertz CT molecular complexity index is 323. The summed E-state index contributed by atoms with van der Waals surface area (Å²) in [7, 11) is 0. The molecule has 82 valence electrons. The zero-order valence-electron chi connectivity index (χ0n) is 9.19. The van der Waals surface area contributed by atoms with E-state index in [0.29, 0.717) is 12.3 Å². The van der Waals surface area contributed by atoms with Crippen LogP contribution in [0, 0.1) is 5.92 Å². The number of hydrogen-bond donors (Lipinski definition) is 1. The molecule has 1 saturated carbocycles. The summed E-state index contributed by atoms with van der Waals surface area (Å²) in [4.78, 5) is 8.40. The summed E-state index contributed by atoms with van der Waals surface area (Å²) in [6.45, 7) is 2.14. The van der Waals surface area contributed by atoms with Crippen molar-refractivity contribution in [2.24, 2.45) is 5.92 Å². The molecular weight excluding hydrogens is 188 g/mol. The molecule has 1 atom stereocenters. The molecule has 1 unspecified atom stereocenters. The van der Waals surface area contributed by atoms with Gasteiger partial charge in [0.05, 0.1) is 6.10 Å². The van der Waals surface area contributed by atoms with Gasteiger partial charge in [-0.25, -0.2) is 9.97 Å². The number of rotatable bonds is 5. The lowest BCUT2D eigenvalue weighted by Gasteiger charge is -2.08. The van der Waals surface area contributed by atoms with Gasteiger partial charge in [0.15, 0.2) is 0 Å². The normalized spacial score (nSPS) is 17.7. The molecule has 3 heteroatoms. The minimum absolute atomic E-state index is 0.200.